The van der Waals surface area contributed by atoms with E-state index < -0.39 is 10.0 Å². The number of carbonyl (C=O) groups is 1. The summed E-state index contributed by atoms with van der Waals surface area (Å²) in [6.07, 6.45) is 4.85. The van der Waals surface area contributed by atoms with Gasteiger partial charge >= 0.3 is 0 Å². The van der Waals surface area contributed by atoms with E-state index in [0.717, 1.165) is 19.3 Å². The number of carbonyl (C=O) groups excluding carboxylic acids is 1. The fourth-order valence-electron chi connectivity index (χ4n) is 3.43. The summed E-state index contributed by atoms with van der Waals surface area (Å²) < 4.78 is 34.8. The first-order valence-corrected chi connectivity index (χ1v) is 10.5. The lowest BCUT2D eigenvalue weighted by Crippen LogP contribution is -2.46. The summed E-state index contributed by atoms with van der Waals surface area (Å²) in [5.74, 6) is 0.473. The summed E-state index contributed by atoms with van der Waals surface area (Å²) in [6, 6.07) is 9.63. The number of nitrogens with zero attached hydrogens (tertiary/aromatic N) is 1. The maximum atomic E-state index is 12.6. The van der Waals surface area contributed by atoms with E-state index in [2.05, 4.69) is 10.0 Å². The van der Waals surface area contributed by atoms with Crippen LogP contribution in [0.3, 0.4) is 0 Å². The molecule has 2 atom stereocenters. The number of hydrogen-bond donors (Lipinski definition) is 2. The normalized spacial score (nSPS) is 20.2. The molecule has 3 rings (SSSR count). The van der Waals surface area contributed by atoms with Crippen LogP contribution in [-0.4, -0.2) is 38.1 Å². The van der Waals surface area contributed by atoms with Gasteiger partial charge in [-0.25, -0.2) is 13.1 Å². The molecule has 1 heterocycles. The van der Waals surface area contributed by atoms with Gasteiger partial charge in [0.2, 0.25) is 10.0 Å². The second kappa shape index (κ2) is 8.14. The molecule has 7 nitrogen and oxygen atoms in total. The minimum atomic E-state index is -3.61. The van der Waals surface area contributed by atoms with Crippen LogP contribution in [0.5, 0.6) is 5.75 Å². The molecular formula is C19H25N3O4S. The Balaban J connectivity index is 1.62. The lowest BCUT2D eigenvalue weighted by Gasteiger charge is -2.30. The van der Waals surface area contributed by atoms with Gasteiger partial charge in [-0.1, -0.05) is 0 Å². The van der Waals surface area contributed by atoms with E-state index in [1.54, 1.807) is 22.8 Å². The quantitative estimate of drug-likeness (QED) is 0.789. The third-order valence-electron chi connectivity index (χ3n) is 4.88. The summed E-state index contributed by atoms with van der Waals surface area (Å²) in [5.41, 5.74) is 0.593. The number of rotatable bonds is 6. The van der Waals surface area contributed by atoms with Gasteiger partial charge in [-0.05, 0) is 62.1 Å². The number of hydrogen-bond acceptors (Lipinski definition) is 4. The van der Waals surface area contributed by atoms with Crippen molar-refractivity contribution in [3.05, 3.63) is 48.3 Å². The number of methoxy groups -OCH3 is 1. The number of aryl methyl sites for hydroxylation is 1. The molecular weight excluding hydrogens is 366 g/mol. The van der Waals surface area contributed by atoms with E-state index in [9.17, 15) is 13.2 Å². The van der Waals surface area contributed by atoms with Crippen LogP contribution < -0.4 is 14.8 Å². The molecule has 1 aromatic carbocycles. The maximum absolute atomic E-state index is 12.6. The topological polar surface area (TPSA) is 89.4 Å². The van der Waals surface area contributed by atoms with Crippen molar-refractivity contribution in [1.29, 1.82) is 0 Å². The monoisotopic (exact) mass is 391 g/mol. The van der Waals surface area contributed by atoms with Crippen molar-refractivity contribution < 1.29 is 17.9 Å². The molecule has 8 heteroatoms. The Kier molecular flexibility index (Phi) is 5.86. The maximum Gasteiger partial charge on any atom is 0.268 e. The summed E-state index contributed by atoms with van der Waals surface area (Å²) in [5, 5.41) is 3.02. The summed E-state index contributed by atoms with van der Waals surface area (Å²) in [6.45, 7) is 0. The molecule has 1 aliphatic carbocycles. The first kappa shape index (κ1) is 19.4. The van der Waals surface area contributed by atoms with Gasteiger partial charge in [-0.3, -0.25) is 4.79 Å². The molecule has 146 valence electrons. The van der Waals surface area contributed by atoms with E-state index in [0.29, 0.717) is 17.9 Å². The SMILES string of the molecule is COc1ccc(S(=O)(=O)NC2CCCC(NC(=O)c3cccn3C)C2)cc1. The average molecular weight is 391 g/mol. The van der Waals surface area contributed by atoms with Crippen molar-refractivity contribution in [2.24, 2.45) is 7.05 Å². The highest BCUT2D eigenvalue weighted by Gasteiger charge is 2.28. The smallest absolute Gasteiger partial charge is 0.268 e. The van der Waals surface area contributed by atoms with Gasteiger partial charge in [0.05, 0.1) is 12.0 Å². The second-order valence-electron chi connectivity index (χ2n) is 6.84. The number of ether oxygens (including phenoxy) is 1. The van der Waals surface area contributed by atoms with Gasteiger partial charge in [0.15, 0.2) is 0 Å². The predicted molar refractivity (Wildman–Crippen MR) is 102 cm³/mol. The lowest BCUT2D eigenvalue weighted by atomic mass is 9.91. The van der Waals surface area contributed by atoms with Crippen molar-refractivity contribution in [3.63, 3.8) is 0 Å². The molecule has 2 unspecified atom stereocenters. The molecule has 0 bridgehead atoms. The van der Waals surface area contributed by atoms with Crippen LogP contribution in [0, 0.1) is 0 Å². The van der Waals surface area contributed by atoms with Crippen LogP contribution in [0.1, 0.15) is 36.2 Å². The van der Waals surface area contributed by atoms with E-state index >= 15 is 0 Å². The molecule has 0 radical (unpaired) electrons. The first-order chi connectivity index (χ1) is 12.9. The molecule has 0 saturated heterocycles. The van der Waals surface area contributed by atoms with Crippen LogP contribution in [-0.2, 0) is 17.1 Å². The highest BCUT2D eigenvalue weighted by atomic mass is 32.2. The van der Waals surface area contributed by atoms with Crippen LogP contribution in [0.25, 0.3) is 0 Å². The van der Waals surface area contributed by atoms with Gasteiger partial charge in [-0.15, -0.1) is 0 Å². The van der Waals surface area contributed by atoms with Crippen molar-refractivity contribution >= 4 is 15.9 Å². The molecule has 2 aromatic rings. The van der Waals surface area contributed by atoms with Gasteiger partial charge in [0.1, 0.15) is 11.4 Å². The molecule has 1 fully saturated rings. The van der Waals surface area contributed by atoms with Gasteiger partial charge in [0.25, 0.3) is 5.91 Å². The number of benzene rings is 1. The third kappa shape index (κ3) is 4.70. The predicted octanol–water partition coefficient (Wildman–Crippen LogP) is 2.05. The van der Waals surface area contributed by atoms with Crippen molar-refractivity contribution in [2.45, 2.75) is 42.7 Å². The van der Waals surface area contributed by atoms with Gasteiger partial charge < -0.3 is 14.6 Å². The molecule has 27 heavy (non-hydrogen) atoms. The lowest BCUT2D eigenvalue weighted by molar-refractivity contribution is 0.0916. The summed E-state index contributed by atoms with van der Waals surface area (Å²) >= 11 is 0. The second-order valence-corrected chi connectivity index (χ2v) is 8.55. The zero-order valence-electron chi connectivity index (χ0n) is 15.5. The van der Waals surface area contributed by atoms with Gasteiger partial charge in [0, 0.05) is 25.3 Å². The highest BCUT2D eigenvalue weighted by molar-refractivity contribution is 7.89. The molecule has 1 saturated carbocycles. The van der Waals surface area contributed by atoms with Crippen LogP contribution >= 0.6 is 0 Å². The molecule has 0 aliphatic heterocycles. The Morgan fingerprint density at radius 3 is 2.48 bits per heavy atom. The van der Waals surface area contributed by atoms with E-state index in [1.807, 2.05) is 19.3 Å². The Morgan fingerprint density at radius 2 is 1.85 bits per heavy atom. The molecule has 0 spiro atoms. The van der Waals surface area contributed by atoms with Crippen molar-refractivity contribution in [1.82, 2.24) is 14.6 Å². The fraction of sp³-hybridized carbons (Fsp3) is 0.421. The number of nitrogens with one attached hydrogen (secondary N) is 2. The first-order valence-electron chi connectivity index (χ1n) is 8.97. The number of amides is 1. The largest absolute Gasteiger partial charge is 0.497 e. The Morgan fingerprint density at radius 1 is 1.15 bits per heavy atom. The minimum Gasteiger partial charge on any atom is -0.497 e. The Hall–Kier alpha value is -2.32. The molecule has 1 aromatic heterocycles. The Labute approximate surface area is 159 Å². The zero-order chi connectivity index (χ0) is 19.4. The zero-order valence-corrected chi connectivity index (χ0v) is 16.3. The number of aromatic nitrogens is 1. The van der Waals surface area contributed by atoms with E-state index in [4.69, 9.17) is 4.74 Å². The Bertz CT molecular complexity index is 890. The molecule has 1 aliphatic rings. The van der Waals surface area contributed by atoms with E-state index in [-0.39, 0.29) is 22.9 Å². The van der Waals surface area contributed by atoms with Crippen LogP contribution in [0.15, 0.2) is 47.5 Å². The summed E-state index contributed by atoms with van der Waals surface area (Å²) in [4.78, 5) is 12.6. The van der Waals surface area contributed by atoms with E-state index in [1.165, 1.54) is 19.2 Å². The standard InChI is InChI=1S/C19H25N3O4S/c1-22-12-4-7-18(22)19(23)20-14-5-3-6-15(13-14)21-27(24,25)17-10-8-16(26-2)9-11-17/h4,7-12,14-15,21H,3,5-6,13H2,1-2H3,(H,20,23). The van der Waals surface area contributed by atoms with Crippen LogP contribution in [0.2, 0.25) is 0 Å². The highest BCUT2D eigenvalue weighted by Crippen LogP contribution is 2.22. The molecule has 1 amide bonds. The van der Waals surface area contributed by atoms with Crippen molar-refractivity contribution in [2.75, 3.05) is 7.11 Å². The third-order valence-corrected chi connectivity index (χ3v) is 6.41. The number of sulfonamides is 1. The van der Waals surface area contributed by atoms with Crippen molar-refractivity contribution in [3.8, 4) is 5.75 Å². The fourth-order valence-corrected chi connectivity index (χ4v) is 4.71. The summed E-state index contributed by atoms with van der Waals surface area (Å²) in [7, 11) is -0.253. The van der Waals surface area contributed by atoms with Crippen LogP contribution in [0.4, 0.5) is 0 Å². The average Bonchev–Trinajstić information content (AvgIpc) is 3.08. The molecule has 2 N–H and O–H groups in total. The minimum absolute atomic E-state index is 0.0512. The van der Waals surface area contributed by atoms with Gasteiger partial charge in [-0.2, -0.15) is 0 Å².